The largest absolute Gasteiger partial charge is 0.468 e. The topological polar surface area (TPSA) is 38.8 Å². The van der Waals surface area contributed by atoms with E-state index in [0.717, 1.165) is 19.5 Å². The van der Waals surface area contributed by atoms with Crippen molar-refractivity contribution >= 4 is 5.97 Å². The maximum absolute atomic E-state index is 11.6. The van der Waals surface area contributed by atoms with Crippen molar-refractivity contribution in [3.63, 3.8) is 0 Å². The third kappa shape index (κ3) is 3.18. The molecular formula is C11H21NO3. The third-order valence-corrected chi connectivity index (χ3v) is 2.75. The number of carbonyl (C=O) groups is 1. The fourth-order valence-corrected chi connectivity index (χ4v) is 2.18. The number of esters is 1. The van der Waals surface area contributed by atoms with Gasteiger partial charge in [-0.15, -0.1) is 0 Å². The van der Waals surface area contributed by atoms with E-state index in [1.54, 1.807) is 0 Å². The third-order valence-electron chi connectivity index (χ3n) is 2.75. The van der Waals surface area contributed by atoms with E-state index in [4.69, 9.17) is 9.47 Å². The minimum Gasteiger partial charge on any atom is -0.468 e. The summed E-state index contributed by atoms with van der Waals surface area (Å²) >= 11 is 0. The van der Waals surface area contributed by atoms with Crippen molar-refractivity contribution in [3.8, 4) is 0 Å². The van der Waals surface area contributed by atoms with Gasteiger partial charge in [-0.3, -0.25) is 9.69 Å². The van der Waals surface area contributed by atoms with Gasteiger partial charge in [0.1, 0.15) is 6.04 Å². The van der Waals surface area contributed by atoms with E-state index in [9.17, 15) is 4.79 Å². The van der Waals surface area contributed by atoms with Gasteiger partial charge in [-0.2, -0.15) is 0 Å². The van der Waals surface area contributed by atoms with Crippen LogP contribution in [0.15, 0.2) is 0 Å². The van der Waals surface area contributed by atoms with E-state index in [-0.39, 0.29) is 24.2 Å². The molecular weight excluding hydrogens is 194 g/mol. The van der Waals surface area contributed by atoms with Crippen LogP contribution in [0.4, 0.5) is 0 Å². The molecule has 1 aliphatic heterocycles. The van der Waals surface area contributed by atoms with Gasteiger partial charge in [-0.05, 0) is 20.3 Å². The van der Waals surface area contributed by atoms with E-state index in [2.05, 4.69) is 4.90 Å². The summed E-state index contributed by atoms with van der Waals surface area (Å²) in [5, 5.41) is 0. The first kappa shape index (κ1) is 12.5. The highest BCUT2D eigenvalue weighted by Gasteiger charge is 2.31. The first-order valence-corrected chi connectivity index (χ1v) is 5.55. The lowest BCUT2D eigenvalue weighted by Gasteiger charge is -2.38. The van der Waals surface area contributed by atoms with Gasteiger partial charge in [0.15, 0.2) is 0 Å². The van der Waals surface area contributed by atoms with Crippen LogP contribution < -0.4 is 0 Å². The van der Waals surface area contributed by atoms with Crippen LogP contribution >= 0.6 is 0 Å². The molecule has 4 nitrogen and oxygen atoms in total. The quantitative estimate of drug-likeness (QED) is 0.660. The SMILES string of the molecule is CC[C@@H](C(=O)OC)N1C[C@H](C)O[C@@H](C)C1. The summed E-state index contributed by atoms with van der Waals surface area (Å²) in [6, 6.07) is -0.121. The number of ether oxygens (including phenoxy) is 2. The van der Waals surface area contributed by atoms with Gasteiger partial charge in [-0.25, -0.2) is 0 Å². The zero-order chi connectivity index (χ0) is 11.4. The summed E-state index contributed by atoms with van der Waals surface area (Å²) in [5.41, 5.74) is 0. The fraction of sp³-hybridized carbons (Fsp3) is 0.909. The van der Waals surface area contributed by atoms with Crippen molar-refractivity contribution in [2.24, 2.45) is 0 Å². The smallest absolute Gasteiger partial charge is 0.323 e. The van der Waals surface area contributed by atoms with Crippen LogP contribution in [0.5, 0.6) is 0 Å². The highest BCUT2D eigenvalue weighted by molar-refractivity contribution is 5.75. The summed E-state index contributed by atoms with van der Waals surface area (Å²) in [4.78, 5) is 13.7. The van der Waals surface area contributed by atoms with Crippen molar-refractivity contribution in [2.45, 2.75) is 45.4 Å². The lowest BCUT2D eigenvalue weighted by atomic mass is 10.1. The Morgan fingerprint density at radius 1 is 1.47 bits per heavy atom. The molecule has 0 bridgehead atoms. The van der Waals surface area contributed by atoms with Crippen molar-refractivity contribution < 1.29 is 14.3 Å². The van der Waals surface area contributed by atoms with Crippen LogP contribution in [-0.2, 0) is 14.3 Å². The summed E-state index contributed by atoms with van der Waals surface area (Å²) in [6.07, 6.45) is 1.16. The zero-order valence-electron chi connectivity index (χ0n) is 10.0. The molecule has 4 heteroatoms. The van der Waals surface area contributed by atoms with E-state index in [0.29, 0.717) is 0 Å². The molecule has 0 aliphatic carbocycles. The van der Waals surface area contributed by atoms with Gasteiger partial charge in [0.25, 0.3) is 0 Å². The molecule has 3 atom stereocenters. The van der Waals surface area contributed by atoms with Gasteiger partial charge in [0, 0.05) is 13.1 Å². The van der Waals surface area contributed by atoms with Gasteiger partial charge in [0.2, 0.25) is 0 Å². The Morgan fingerprint density at radius 3 is 2.40 bits per heavy atom. The number of nitrogens with zero attached hydrogens (tertiary/aromatic N) is 1. The van der Waals surface area contributed by atoms with E-state index in [1.807, 2.05) is 20.8 Å². The zero-order valence-corrected chi connectivity index (χ0v) is 10.0. The van der Waals surface area contributed by atoms with Crippen LogP contribution in [0.25, 0.3) is 0 Å². The molecule has 0 spiro atoms. The molecule has 0 aromatic rings. The van der Waals surface area contributed by atoms with Crippen molar-refractivity contribution in [1.82, 2.24) is 4.90 Å². The predicted octanol–water partition coefficient (Wildman–Crippen LogP) is 1.05. The highest BCUT2D eigenvalue weighted by atomic mass is 16.5. The summed E-state index contributed by atoms with van der Waals surface area (Å²) < 4.78 is 10.4. The number of carbonyl (C=O) groups excluding carboxylic acids is 1. The molecule has 0 unspecified atom stereocenters. The second kappa shape index (κ2) is 5.47. The second-order valence-corrected chi connectivity index (χ2v) is 4.16. The van der Waals surface area contributed by atoms with Crippen LogP contribution in [0.1, 0.15) is 27.2 Å². The van der Waals surface area contributed by atoms with Gasteiger partial charge < -0.3 is 9.47 Å². The van der Waals surface area contributed by atoms with Crippen molar-refractivity contribution in [2.75, 3.05) is 20.2 Å². The Labute approximate surface area is 91.5 Å². The van der Waals surface area contributed by atoms with E-state index in [1.165, 1.54) is 7.11 Å². The molecule has 1 fully saturated rings. The number of morpholine rings is 1. The molecule has 0 amide bonds. The average Bonchev–Trinajstić information content (AvgIpc) is 2.17. The molecule has 0 N–H and O–H groups in total. The van der Waals surface area contributed by atoms with E-state index < -0.39 is 0 Å². The Balaban J connectivity index is 2.63. The molecule has 0 radical (unpaired) electrons. The summed E-state index contributed by atoms with van der Waals surface area (Å²) in [6.45, 7) is 7.68. The number of rotatable bonds is 3. The molecule has 0 aromatic carbocycles. The summed E-state index contributed by atoms with van der Waals surface area (Å²) in [7, 11) is 1.44. The van der Waals surface area contributed by atoms with Crippen molar-refractivity contribution in [1.29, 1.82) is 0 Å². The predicted molar refractivity (Wildman–Crippen MR) is 57.7 cm³/mol. The standard InChI is InChI=1S/C11H21NO3/c1-5-10(11(13)14-4)12-6-8(2)15-9(3)7-12/h8-10H,5-7H2,1-4H3/t8-,9-,10-/m0/s1. The van der Waals surface area contributed by atoms with Crippen LogP contribution in [-0.4, -0.2) is 49.3 Å². The lowest BCUT2D eigenvalue weighted by Crippen LogP contribution is -2.52. The molecule has 1 rings (SSSR count). The number of hydrogen-bond acceptors (Lipinski definition) is 4. The maximum Gasteiger partial charge on any atom is 0.323 e. The molecule has 88 valence electrons. The number of hydrogen-bond donors (Lipinski definition) is 0. The molecule has 1 heterocycles. The van der Waals surface area contributed by atoms with Gasteiger partial charge >= 0.3 is 5.97 Å². The molecule has 1 saturated heterocycles. The van der Waals surface area contributed by atoms with Crippen LogP contribution in [0.3, 0.4) is 0 Å². The molecule has 15 heavy (non-hydrogen) atoms. The second-order valence-electron chi connectivity index (χ2n) is 4.16. The lowest BCUT2D eigenvalue weighted by molar-refractivity contribution is -0.152. The minimum absolute atomic E-state index is 0.121. The molecule has 1 aliphatic rings. The van der Waals surface area contributed by atoms with Crippen LogP contribution in [0, 0.1) is 0 Å². The van der Waals surface area contributed by atoms with Gasteiger partial charge in [0.05, 0.1) is 19.3 Å². The minimum atomic E-state index is -0.140. The Hall–Kier alpha value is -0.610. The molecule has 0 saturated carbocycles. The Morgan fingerprint density at radius 2 is 2.00 bits per heavy atom. The monoisotopic (exact) mass is 215 g/mol. The van der Waals surface area contributed by atoms with E-state index >= 15 is 0 Å². The average molecular weight is 215 g/mol. The van der Waals surface area contributed by atoms with Crippen molar-refractivity contribution in [3.05, 3.63) is 0 Å². The first-order valence-electron chi connectivity index (χ1n) is 5.55. The number of methoxy groups -OCH3 is 1. The highest BCUT2D eigenvalue weighted by Crippen LogP contribution is 2.16. The van der Waals surface area contributed by atoms with Crippen LogP contribution in [0.2, 0.25) is 0 Å². The Bertz CT molecular complexity index is 210. The maximum atomic E-state index is 11.6. The van der Waals surface area contributed by atoms with Gasteiger partial charge in [-0.1, -0.05) is 6.92 Å². The first-order chi connectivity index (χ1) is 7.08. The summed E-state index contributed by atoms with van der Waals surface area (Å²) in [5.74, 6) is -0.140. The fourth-order valence-electron chi connectivity index (χ4n) is 2.18. The normalized spacial score (nSPS) is 29.9. The Kier molecular flexibility index (Phi) is 4.54. The molecule has 0 aromatic heterocycles.